The van der Waals surface area contributed by atoms with E-state index in [4.69, 9.17) is 4.74 Å². The highest BCUT2D eigenvalue weighted by Crippen LogP contribution is 2.29. The fourth-order valence-electron chi connectivity index (χ4n) is 2.94. The van der Waals surface area contributed by atoms with Crippen molar-refractivity contribution in [2.24, 2.45) is 0 Å². The first-order valence-corrected chi connectivity index (χ1v) is 8.41. The number of benzene rings is 2. The van der Waals surface area contributed by atoms with Gasteiger partial charge in [-0.3, -0.25) is 14.9 Å². The van der Waals surface area contributed by atoms with E-state index in [1.807, 2.05) is 36.4 Å². The topological polar surface area (TPSA) is 98.1 Å². The van der Waals surface area contributed by atoms with Gasteiger partial charge < -0.3 is 10.1 Å². The summed E-state index contributed by atoms with van der Waals surface area (Å²) in [5, 5.41) is 9.85. The molecule has 2 amide bonds. The minimum absolute atomic E-state index is 0.0610. The van der Waals surface area contributed by atoms with Gasteiger partial charge in [-0.25, -0.2) is 4.68 Å². The number of carbonyl (C=O) groups excluding carboxylic acids is 2. The van der Waals surface area contributed by atoms with Crippen molar-refractivity contribution >= 4 is 23.5 Å². The SMILES string of the molecule is COc1ccccc1NC(=O)C[C@@H]1C(=O)Nc2nc(-c3ccccc3)nn21. The van der Waals surface area contributed by atoms with Gasteiger partial charge in [0.05, 0.1) is 19.2 Å². The summed E-state index contributed by atoms with van der Waals surface area (Å²) in [4.78, 5) is 29.0. The molecule has 0 aliphatic carbocycles. The van der Waals surface area contributed by atoms with E-state index in [2.05, 4.69) is 20.7 Å². The van der Waals surface area contributed by atoms with Gasteiger partial charge in [-0.2, -0.15) is 4.98 Å². The Morgan fingerprint density at radius 2 is 1.93 bits per heavy atom. The number of nitrogens with zero attached hydrogens (tertiary/aromatic N) is 3. The summed E-state index contributed by atoms with van der Waals surface area (Å²) in [6, 6.07) is 15.8. The molecule has 1 aromatic heterocycles. The normalized spacial score (nSPS) is 15.1. The Balaban J connectivity index is 1.53. The molecule has 2 aromatic carbocycles. The van der Waals surface area contributed by atoms with Gasteiger partial charge in [0.2, 0.25) is 11.9 Å². The molecule has 1 atom stereocenters. The Labute approximate surface area is 155 Å². The van der Waals surface area contributed by atoms with Crippen LogP contribution in [0.15, 0.2) is 54.6 Å². The molecule has 0 saturated carbocycles. The summed E-state index contributed by atoms with van der Waals surface area (Å²) in [6.07, 6.45) is -0.0610. The number of hydrogen-bond acceptors (Lipinski definition) is 5. The molecule has 0 fully saturated rings. The van der Waals surface area contributed by atoms with E-state index in [1.54, 1.807) is 18.2 Å². The Bertz CT molecular complexity index is 1000. The molecule has 8 heteroatoms. The van der Waals surface area contributed by atoms with Crippen LogP contribution >= 0.6 is 0 Å². The summed E-state index contributed by atoms with van der Waals surface area (Å²) < 4.78 is 6.69. The number of para-hydroxylation sites is 2. The van der Waals surface area contributed by atoms with Crippen molar-refractivity contribution in [1.29, 1.82) is 0 Å². The lowest BCUT2D eigenvalue weighted by Gasteiger charge is -2.12. The molecule has 27 heavy (non-hydrogen) atoms. The molecule has 2 N–H and O–H groups in total. The van der Waals surface area contributed by atoms with Crippen LogP contribution in [-0.2, 0) is 9.59 Å². The van der Waals surface area contributed by atoms with Crippen LogP contribution in [0.3, 0.4) is 0 Å². The fourth-order valence-corrected chi connectivity index (χ4v) is 2.94. The van der Waals surface area contributed by atoms with E-state index in [9.17, 15) is 9.59 Å². The Kier molecular flexibility index (Phi) is 4.29. The van der Waals surface area contributed by atoms with Gasteiger partial charge in [0, 0.05) is 5.56 Å². The molecule has 0 saturated heterocycles. The van der Waals surface area contributed by atoms with E-state index in [0.29, 0.717) is 23.2 Å². The van der Waals surface area contributed by atoms with Crippen LogP contribution in [0.5, 0.6) is 5.75 Å². The van der Waals surface area contributed by atoms with Crippen molar-refractivity contribution in [1.82, 2.24) is 14.8 Å². The second-order valence-electron chi connectivity index (χ2n) is 6.03. The van der Waals surface area contributed by atoms with Crippen LogP contribution in [-0.4, -0.2) is 33.7 Å². The molecule has 4 rings (SSSR count). The second-order valence-corrected chi connectivity index (χ2v) is 6.03. The predicted molar refractivity (Wildman–Crippen MR) is 99.4 cm³/mol. The van der Waals surface area contributed by atoms with Crippen molar-refractivity contribution in [3.63, 3.8) is 0 Å². The molecule has 3 aromatic rings. The van der Waals surface area contributed by atoms with Gasteiger partial charge in [-0.1, -0.05) is 42.5 Å². The number of hydrogen-bond donors (Lipinski definition) is 2. The zero-order chi connectivity index (χ0) is 18.8. The molecule has 0 unspecified atom stereocenters. The number of carbonyl (C=O) groups is 2. The molecule has 1 aliphatic rings. The number of anilines is 2. The fraction of sp³-hybridized carbons (Fsp3) is 0.158. The quantitative estimate of drug-likeness (QED) is 0.726. The van der Waals surface area contributed by atoms with E-state index >= 15 is 0 Å². The van der Waals surface area contributed by atoms with Crippen molar-refractivity contribution in [3.05, 3.63) is 54.6 Å². The van der Waals surface area contributed by atoms with Crippen molar-refractivity contribution < 1.29 is 14.3 Å². The number of ether oxygens (including phenoxy) is 1. The van der Waals surface area contributed by atoms with Gasteiger partial charge >= 0.3 is 0 Å². The molecule has 0 spiro atoms. The van der Waals surface area contributed by atoms with Crippen molar-refractivity contribution in [2.45, 2.75) is 12.5 Å². The molecule has 2 heterocycles. The average Bonchev–Trinajstić information content (AvgIpc) is 3.22. The highest BCUT2D eigenvalue weighted by Gasteiger charge is 2.35. The number of fused-ring (bicyclic) bond motifs is 1. The molecule has 1 aliphatic heterocycles. The lowest BCUT2D eigenvalue weighted by Crippen LogP contribution is -2.24. The zero-order valence-electron chi connectivity index (χ0n) is 14.5. The van der Waals surface area contributed by atoms with Gasteiger partial charge in [0.15, 0.2) is 5.82 Å². The standard InChI is InChI=1S/C19H17N5O3/c1-27-15-10-6-5-9-13(15)20-16(25)11-14-18(26)22-19-21-17(23-24(14)19)12-7-3-2-4-8-12/h2-10,14H,11H2,1H3,(H,20,25)(H,21,22,23,26)/t14-/m1/s1. The van der Waals surface area contributed by atoms with Crippen molar-refractivity contribution in [2.75, 3.05) is 17.7 Å². The predicted octanol–water partition coefficient (Wildman–Crippen LogP) is 2.48. The van der Waals surface area contributed by atoms with E-state index in [1.165, 1.54) is 11.8 Å². The maximum atomic E-state index is 12.5. The molecular formula is C19H17N5O3. The third-order valence-corrected chi connectivity index (χ3v) is 4.26. The number of methoxy groups -OCH3 is 1. The van der Waals surface area contributed by atoms with Crippen LogP contribution in [0, 0.1) is 0 Å². The molecule has 136 valence electrons. The number of rotatable bonds is 5. The van der Waals surface area contributed by atoms with Crippen LogP contribution < -0.4 is 15.4 Å². The molecule has 0 radical (unpaired) electrons. The first kappa shape index (κ1) is 16.8. The number of aromatic nitrogens is 3. The van der Waals surface area contributed by atoms with Crippen LogP contribution in [0.4, 0.5) is 11.6 Å². The second kappa shape index (κ2) is 6.91. The van der Waals surface area contributed by atoms with E-state index in [-0.39, 0.29) is 18.2 Å². The van der Waals surface area contributed by atoms with E-state index in [0.717, 1.165) is 5.56 Å². The smallest absolute Gasteiger partial charge is 0.252 e. The Morgan fingerprint density at radius 3 is 2.70 bits per heavy atom. The molecule has 0 bridgehead atoms. The summed E-state index contributed by atoms with van der Waals surface area (Å²) in [5.41, 5.74) is 1.39. The minimum atomic E-state index is -0.750. The van der Waals surface area contributed by atoms with Gasteiger partial charge in [-0.15, -0.1) is 5.10 Å². The zero-order valence-corrected chi connectivity index (χ0v) is 14.5. The lowest BCUT2D eigenvalue weighted by molar-refractivity contribution is -0.123. The van der Waals surface area contributed by atoms with Crippen molar-refractivity contribution in [3.8, 4) is 17.1 Å². The highest BCUT2D eigenvalue weighted by atomic mass is 16.5. The van der Waals surface area contributed by atoms with Crippen LogP contribution in [0.1, 0.15) is 12.5 Å². The Morgan fingerprint density at radius 1 is 1.19 bits per heavy atom. The van der Waals surface area contributed by atoms with Crippen LogP contribution in [0.25, 0.3) is 11.4 Å². The number of nitrogens with one attached hydrogen (secondary N) is 2. The third kappa shape index (κ3) is 3.24. The summed E-state index contributed by atoms with van der Waals surface area (Å²) in [7, 11) is 1.53. The number of amides is 2. The molecule has 8 nitrogen and oxygen atoms in total. The average molecular weight is 363 g/mol. The monoisotopic (exact) mass is 363 g/mol. The van der Waals surface area contributed by atoms with Gasteiger partial charge in [-0.05, 0) is 12.1 Å². The lowest BCUT2D eigenvalue weighted by atomic mass is 10.2. The summed E-state index contributed by atoms with van der Waals surface area (Å²) in [5.74, 6) is 0.772. The summed E-state index contributed by atoms with van der Waals surface area (Å²) in [6.45, 7) is 0. The summed E-state index contributed by atoms with van der Waals surface area (Å²) >= 11 is 0. The molecular weight excluding hydrogens is 346 g/mol. The maximum Gasteiger partial charge on any atom is 0.252 e. The minimum Gasteiger partial charge on any atom is -0.495 e. The first-order valence-electron chi connectivity index (χ1n) is 8.41. The van der Waals surface area contributed by atoms with Crippen LogP contribution in [0.2, 0.25) is 0 Å². The van der Waals surface area contributed by atoms with E-state index < -0.39 is 6.04 Å². The largest absolute Gasteiger partial charge is 0.495 e. The highest BCUT2D eigenvalue weighted by molar-refractivity contribution is 6.01. The Hall–Kier alpha value is -3.68. The van der Waals surface area contributed by atoms with Gasteiger partial charge in [0.1, 0.15) is 11.8 Å². The van der Waals surface area contributed by atoms with Gasteiger partial charge in [0.25, 0.3) is 5.91 Å². The third-order valence-electron chi connectivity index (χ3n) is 4.26. The maximum absolute atomic E-state index is 12.5. The first-order chi connectivity index (χ1) is 13.2.